The van der Waals surface area contributed by atoms with Gasteiger partial charge in [0.2, 0.25) is 0 Å². The molecule has 0 saturated carbocycles. The average Bonchev–Trinajstić information content (AvgIpc) is 2.12. The Morgan fingerprint density at radius 1 is 1.23 bits per heavy atom. The summed E-state index contributed by atoms with van der Waals surface area (Å²) in [7, 11) is 2.22. The highest BCUT2D eigenvalue weighted by molar-refractivity contribution is 7.80. The lowest BCUT2D eigenvalue weighted by Crippen LogP contribution is -2.37. The van der Waals surface area contributed by atoms with Crippen LogP contribution in [0.5, 0.6) is 0 Å². The zero-order valence-corrected chi connectivity index (χ0v) is 10.6. The Balaban J connectivity index is 3.89. The summed E-state index contributed by atoms with van der Waals surface area (Å²) in [6, 6.07) is 0.675. The summed E-state index contributed by atoms with van der Waals surface area (Å²) in [6.45, 7) is 10.3. The van der Waals surface area contributed by atoms with Gasteiger partial charge in [-0.3, -0.25) is 0 Å². The molecule has 0 spiro atoms. The van der Waals surface area contributed by atoms with E-state index in [0.717, 1.165) is 17.6 Å². The van der Waals surface area contributed by atoms with Gasteiger partial charge in [0.25, 0.3) is 0 Å². The van der Waals surface area contributed by atoms with E-state index in [0.29, 0.717) is 6.04 Å². The second-order valence-electron chi connectivity index (χ2n) is 4.38. The van der Waals surface area contributed by atoms with Gasteiger partial charge >= 0.3 is 0 Å². The van der Waals surface area contributed by atoms with Gasteiger partial charge in [-0.2, -0.15) is 12.6 Å². The summed E-state index contributed by atoms with van der Waals surface area (Å²) in [5.41, 5.74) is 0. The minimum absolute atomic E-state index is 0.675. The third kappa shape index (κ3) is 4.92. The van der Waals surface area contributed by atoms with Crippen molar-refractivity contribution in [3.8, 4) is 0 Å². The van der Waals surface area contributed by atoms with Crippen molar-refractivity contribution in [3.63, 3.8) is 0 Å². The van der Waals surface area contributed by atoms with Crippen LogP contribution in [-0.4, -0.2) is 30.3 Å². The fraction of sp³-hybridized carbons (Fsp3) is 1.00. The quantitative estimate of drug-likeness (QED) is 0.650. The number of rotatable bonds is 6. The first-order valence-corrected chi connectivity index (χ1v) is 5.97. The van der Waals surface area contributed by atoms with Crippen molar-refractivity contribution in [2.75, 3.05) is 19.3 Å². The Hall–Kier alpha value is 0.310. The van der Waals surface area contributed by atoms with Crippen molar-refractivity contribution in [1.82, 2.24) is 4.90 Å². The first-order chi connectivity index (χ1) is 6.02. The normalized spacial score (nSPS) is 16.6. The summed E-state index contributed by atoms with van der Waals surface area (Å²) in [5.74, 6) is 2.49. The van der Waals surface area contributed by atoms with E-state index in [1.807, 2.05) is 0 Å². The Morgan fingerprint density at radius 2 is 1.77 bits per heavy atom. The lowest BCUT2D eigenvalue weighted by Gasteiger charge is -2.30. The summed E-state index contributed by atoms with van der Waals surface area (Å²) >= 11 is 4.36. The standard InChI is InChI=1S/C11H25NS/c1-6-11(8-13)7-12(5)10(4)9(2)3/h9-11,13H,6-8H2,1-5H3. The van der Waals surface area contributed by atoms with Gasteiger partial charge in [-0.25, -0.2) is 0 Å². The van der Waals surface area contributed by atoms with Crippen LogP contribution in [0, 0.1) is 11.8 Å². The molecule has 80 valence electrons. The van der Waals surface area contributed by atoms with Gasteiger partial charge in [-0.1, -0.05) is 27.2 Å². The smallest absolute Gasteiger partial charge is 0.00870 e. The highest BCUT2D eigenvalue weighted by Crippen LogP contribution is 2.13. The number of hydrogen-bond donors (Lipinski definition) is 1. The molecule has 0 aliphatic carbocycles. The summed E-state index contributed by atoms with van der Waals surface area (Å²) < 4.78 is 0. The van der Waals surface area contributed by atoms with Crippen LogP contribution in [0.3, 0.4) is 0 Å². The molecule has 1 nitrogen and oxygen atoms in total. The molecule has 0 radical (unpaired) electrons. The van der Waals surface area contributed by atoms with Crippen molar-refractivity contribution in [2.24, 2.45) is 11.8 Å². The Morgan fingerprint density at radius 3 is 2.08 bits per heavy atom. The van der Waals surface area contributed by atoms with Crippen LogP contribution < -0.4 is 0 Å². The molecule has 0 saturated heterocycles. The van der Waals surface area contributed by atoms with E-state index in [1.54, 1.807) is 0 Å². The minimum atomic E-state index is 0.675. The highest BCUT2D eigenvalue weighted by atomic mass is 32.1. The average molecular weight is 203 g/mol. The van der Waals surface area contributed by atoms with Crippen LogP contribution in [0.4, 0.5) is 0 Å². The van der Waals surface area contributed by atoms with Crippen molar-refractivity contribution in [1.29, 1.82) is 0 Å². The number of hydrogen-bond acceptors (Lipinski definition) is 2. The van der Waals surface area contributed by atoms with E-state index in [1.165, 1.54) is 13.0 Å². The second kappa shape index (κ2) is 6.72. The lowest BCUT2D eigenvalue weighted by atomic mass is 10.0. The van der Waals surface area contributed by atoms with Gasteiger partial charge in [0.1, 0.15) is 0 Å². The molecule has 0 rings (SSSR count). The van der Waals surface area contributed by atoms with Crippen LogP contribution in [0.25, 0.3) is 0 Å². The molecule has 0 aliphatic heterocycles. The molecule has 0 bridgehead atoms. The zero-order chi connectivity index (χ0) is 10.4. The minimum Gasteiger partial charge on any atom is -0.303 e. The van der Waals surface area contributed by atoms with E-state index in [4.69, 9.17) is 0 Å². The number of nitrogens with zero attached hydrogens (tertiary/aromatic N) is 1. The molecule has 0 aromatic carbocycles. The first-order valence-electron chi connectivity index (χ1n) is 5.34. The van der Waals surface area contributed by atoms with Crippen LogP contribution >= 0.6 is 12.6 Å². The third-order valence-electron chi connectivity index (χ3n) is 3.04. The SMILES string of the molecule is CCC(CS)CN(C)C(C)C(C)C. The predicted octanol–water partition coefficient (Wildman–Crippen LogP) is 2.92. The molecule has 0 fully saturated rings. The Bertz CT molecular complexity index is 121. The molecule has 0 heterocycles. The maximum Gasteiger partial charge on any atom is 0.00870 e. The van der Waals surface area contributed by atoms with Crippen molar-refractivity contribution < 1.29 is 0 Å². The molecule has 0 N–H and O–H groups in total. The van der Waals surface area contributed by atoms with E-state index >= 15 is 0 Å². The fourth-order valence-corrected chi connectivity index (χ4v) is 1.77. The van der Waals surface area contributed by atoms with Crippen LogP contribution in [-0.2, 0) is 0 Å². The van der Waals surface area contributed by atoms with E-state index < -0.39 is 0 Å². The van der Waals surface area contributed by atoms with Gasteiger partial charge in [-0.15, -0.1) is 0 Å². The zero-order valence-electron chi connectivity index (χ0n) is 9.75. The Kier molecular flexibility index (Phi) is 6.88. The monoisotopic (exact) mass is 203 g/mol. The molecule has 0 aliphatic rings. The molecule has 2 atom stereocenters. The van der Waals surface area contributed by atoms with E-state index in [9.17, 15) is 0 Å². The largest absolute Gasteiger partial charge is 0.303 e. The molecule has 2 heteroatoms. The lowest BCUT2D eigenvalue weighted by molar-refractivity contribution is 0.183. The van der Waals surface area contributed by atoms with E-state index in [-0.39, 0.29) is 0 Å². The van der Waals surface area contributed by atoms with Crippen LogP contribution in [0.15, 0.2) is 0 Å². The molecule has 0 amide bonds. The van der Waals surface area contributed by atoms with Gasteiger partial charge < -0.3 is 4.90 Å². The van der Waals surface area contributed by atoms with Gasteiger partial charge in [0, 0.05) is 12.6 Å². The predicted molar refractivity (Wildman–Crippen MR) is 64.6 cm³/mol. The second-order valence-corrected chi connectivity index (χ2v) is 4.75. The Labute approximate surface area is 89.3 Å². The molecule has 13 heavy (non-hydrogen) atoms. The maximum atomic E-state index is 4.36. The summed E-state index contributed by atoms with van der Waals surface area (Å²) in [5, 5.41) is 0. The van der Waals surface area contributed by atoms with Gasteiger partial charge in [0.15, 0.2) is 0 Å². The molecular weight excluding hydrogens is 178 g/mol. The highest BCUT2D eigenvalue weighted by Gasteiger charge is 2.15. The maximum absolute atomic E-state index is 4.36. The van der Waals surface area contributed by atoms with Crippen molar-refractivity contribution in [3.05, 3.63) is 0 Å². The van der Waals surface area contributed by atoms with Crippen LogP contribution in [0.1, 0.15) is 34.1 Å². The molecular formula is C11H25NS. The van der Waals surface area contributed by atoms with Crippen molar-refractivity contribution in [2.45, 2.75) is 40.2 Å². The summed E-state index contributed by atoms with van der Waals surface area (Å²) in [4.78, 5) is 2.45. The molecule has 0 aromatic rings. The topological polar surface area (TPSA) is 3.24 Å². The third-order valence-corrected chi connectivity index (χ3v) is 3.56. The van der Waals surface area contributed by atoms with Gasteiger partial charge in [0.05, 0.1) is 0 Å². The van der Waals surface area contributed by atoms with Crippen molar-refractivity contribution >= 4 is 12.6 Å². The van der Waals surface area contributed by atoms with Gasteiger partial charge in [-0.05, 0) is 31.6 Å². The van der Waals surface area contributed by atoms with Crippen LogP contribution in [0.2, 0.25) is 0 Å². The fourth-order valence-electron chi connectivity index (χ4n) is 1.40. The summed E-state index contributed by atoms with van der Waals surface area (Å²) in [6.07, 6.45) is 1.23. The first kappa shape index (κ1) is 13.3. The number of thiol groups is 1. The molecule has 2 unspecified atom stereocenters. The molecule has 0 aromatic heterocycles. The van der Waals surface area contributed by atoms with E-state index in [2.05, 4.69) is 52.3 Å².